The quantitative estimate of drug-likeness (QED) is 0.759. The Morgan fingerprint density at radius 3 is 2.76 bits per heavy atom. The van der Waals surface area contributed by atoms with E-state index in [1.54, 1.807) is 0 Å². The topological polar surface area (TPSA) is 41.1 Å². The van der Waals surface area contributed by atoms with Crippen LogP contribution in [0.1, 0.15) is 17.7 Å². The van der Waals surface area contributed by atoms with E-state index in [2.05, 4.69) is 10.6 Å². The molecule has 0 aromatic carbocycles. The van der Waals surface area contributed by atoms with Crippen LogP contribution in [0.2, 0.25) is 4.34 Å². The molecule has 0 unspecified atom stereocenters. The molecule has 2 N–H and O–H groups in total. The van der Waals surface area contributed by atoms with Gasteiger partial charge in [-0.25, -0.2) is 0 Å². The number of thiophene rings is 1. The predicted octanol–water partition coefficient (Wildman–Crippen LogP) is 2.48. The van der Waals surface area contributed by atoms with Crippen LogP contribution in [0.3, 0.4) is 0 Å². The Kier molecular flexibility index (Phi) is 9.55. The van der Waals surface area contributed by atoms with Crippen LogP contribution < -0.4 is 10.6 Å². The van der Waals surface area contributed by atoms with Crippen molar-refractivity contribution in [2.45, 2.75) is 19.3 Å². The number of rotatable bonds is 7. The molecule has 6 heteroatoms. The maximum absolute atomic E-state index is 11.4. The number of hydrogen-bond acceptors (Lipinski definition) is 3. The maximum atomic E-state index is 11.4. The van der Waals surface area contributed by atoms with Crippen molar-refractivity contribution in [3.05, 3.63) is 21.3 Å². The first-order valence-corrected chi connectivity index (χ1v) is 6.57. The molecule has 3 nitrogen and oxygen atoms in total. The van der Waals surface area contributed by atoms with Gasteiger partial charge in [0, 0.05) is 17.8 Å². The van der Waals surface area contributed by atoms with E-state index in [0.29, 0.717) is 6.42 Å². The summed E-state index contributed by atoms with van der Waals surface area (Å²) < 4.78 is 0.782. The second kappa shape index (κ2) is 9.71. The van der Waals surface area contributed by atoms with Gasteiger partial charge in [0.05, 0.1) is 4.34 Å². The van der Waals surface area contributed by atoms with E-state index < -0.39 is 0 Å². The van der Waals surface area contributed by atoms with Crippen LogP contribution >= 0.6 is 35.3 Å². The van der Waals surface area contributed by atoms with Gasteiger partial charge in [0.15, 0.2) is 0 Å². The number of carbonyl (C=O) groups is 1. The van der Waals surface area contributed by atoms with E-state index >= 15 is 0 Å². The molecule has 1 heterocycles. The van der Waals surface area contributed by atoms with Crippen LogP contribution in [0.15, 0.2) is 12.1 Å². The molecule has 0 bridgehead atoms. The maximum Gasteiger partial charge on any atom is 0.220 e. The lowest BCUT2D eigenvalue weighted by Gasteiger charge is -2.03. The van der Waals surface area contributed by atoms with Crippen LogP contribution in [-0.2, 0) is 11.2 Å². The zero-order chi connectivity index (χ0) is 11.8. The van der Waals surface area contributed by atoms with Crippen molar-refractivity contribution in [3.63, 3.8) is 0 Å². The number of hydrogen-bond donors (Lipinski definition) is 2. The fraction of sp³-hybridized carbons (Fsp3) is 0.545. The number of carbonyl (C=O) groups excluding carboxylic acids is 1. The van der Waals surface area contributed by atoms with E-state index in [1.165, 1.54) is 11.3 Å². The van der Waals surface area contributed by atoms with Gasteiger partial charge in [-0.05, 0) is 38.6 Å². The lowest BCUT2D eigenvalue weighted by atomic mass is 10.2. The van der Waals surface area contributed by atoms with Gasteiger partial charge in [-0.1, -0.05) is 11.6 Å². The van der Waals surface area contributed by atoms with Crippen molar-refractivity contribution in [1.29, 1.82) is 0 Å². The highest BCUT2D eigenvalue weighted by Gasteiger charge is 2.03. The van der Waals surface area contributed by atoms with Gasteiger partial charge in [-0.3, -0.25) is 4.79 Å². The van der Waals surface area contributed by atoms with Crippen LogP contribution in [0, 0.1) is 0 Å². The smallest absolute Gasteiger partial charge is 0.220 e. The second-order valence-corrected chi connectivity index (χ2v) is 5.31. The molecule has 0 saturated carbocycles. The Balaban J connectivity index is 0.00000256. The van der Waals surface area contributed by atoms with E-state index in [4.69, 9.17) is 11.6 Å². The molecule has 1 rings (SSSR count). The summed E-state index contributed by atoms with van der Waals surface area (Å²) in [6.45, 7) is 1.67. The SMILES string of the molecule is CNCCCNC(=O)CCc1ccc(Cl)s1.Cl. The molecule has 0 saturated heterocycles. The summed E-state index contributed by atoms with van der Waals surface area (Å²) in [4.78, 5) is 12.6. The molecule has 0 atom stereocenters. The van der Waals surface area contributed by atoms with E-state index in [0.717, 1.165) is 35.1 Å². The average Bonchev–Trinajstić information content (AvgIpc) is 2.68. The third-order valence-corrected chi connectivity index (χ3v) is 3.44. The van der Waals surface area contributed by atoms with E-state index in [1.807, 2.05) is 19.2 Å². The van der Waals surface area contributed by atoms with E-state index in [9.17, 15) is 4.79 Å². The molecule has 17 heavy (non-hydrogen) atoms. The molecular weight excluding hydrogens is 279 g/mol. The Labute approximate surface area is 117 Å². The van der Waals surface area contributed by atoms with Crippen LogP contribution in [0.4, 0.5) is 0 Å². The lowest BCUT2D eigenvalue weighted by Crippen LogP contribution is -2.26. The highest BCUT2D eigenvalue weighted by Crippen LogP contribution is 2.22. The summed E-state index contributed by atoms with van der Waals surface area (Å²) in [6.07, 6.45) is 2.28. The average molecular weight is 297 g/mol. The van der Waals surface area contributed by atoms with Gasteiger partial charge < -0.3 is 10.6 Å². The highest BCUT2D eigenvalue weighted by atomic mass is 35.5. The molecule has 0 aliphatic rings. The van der Waals surface area contributed by atoms with Gasteiger partial charge in [-0.15, -0.1) is 23.7 Å². The number of halogens is 2. The monoisotopic (exact) mass is 296 g/mol. The summed E-state index contributed by atoms with van der Waals surface area (Å²) in [5.41, 5.74) is 0. The number of aryl methyl sites for hydroxylation is 1. The summed E-state index contributed by atoms with van der Waals surface area (Å²) in [7, 11) is 1.91. The molecule has 1 amide bonds. The minimum absolute atomic E-state index is 0. The molecule has 0 aliphatic heterocycles. The van der Waals surface area contributed by atoms with Crippen molar-refractivity contribution >= 4 is 41.3 Å². The fourth-order valence-corrected chi connectivity index (χ4v) is 2.39. The molecular formula is C11H18Cl2N2OS. The largest absolute Gasteiger partial charge is 0.356 e. The number of amides is 1. The predicted molar refractivity (Wildman–Crippen MR) is 76.5 cm³/mol. The first kappa shape index (κ1) is 16.7. The third-order valence-electron chi connectivity index (χ3n) is 2.15. The summed E-state index contributed by atoms with van der Waals surface area (Å²) in [5, 5.41) is 5.92. The van der Waals surface area contributed by atoms with Crippen molar-refractivity contribution < 1.29 is 4.79 Å². The first-order valence-electron chi connectivity index (χ1n) is 5.38. The van der Waals surface area contributed by atoms with Crippen molar-refractivity contribution in [2.75, 3.05) is 20.1 Å². The highest BCUT2D eigenvalue weighted by molar-refractivity contribution is 7.16. The second-order valence-electron chi connectivity index (χ2n) is 3.51. The summed E-state index contributed by atoms with van der Waals surface area (Å²) in [5.74, 6) is 0.112. The molecule has 0 radical (unpaired) electrons. The molecule has 1 aromatic rings. The molecule has 0 spiro atoms. The molecule has 0 aliphatic carbocycles. The Morgan fingerprint density at radius 2 is 2.18 bits per heavy atom. The van der Waals surface area contributed by atoms with Gasteiger partial charge in [0.1, 0.15) is 0 Å². The van der Waals surface area contributed by atoms with Crippen molar-refractivity contribution in [1.82, 2.24) is 10.6 Å². The zero-order valence-electron chi connectivity index (χ0n) is 9.79. The Bertz CT molecular complexity index is 331. The molecule has 98 valence electrons. The standard InChI is InChI=1S/C11H17ClN2OS.ClH/c1-13-7-2-8-14-11(15)6-4-9-3-5-10(12)16-9;/h3,5,13H,2,4,6-8H2,1H3,(H,14,15);1H. The summed E-state index contributed by atoms with van der Waals surface area (Å²) >= 11 is 7.34. The summed E-state index contributed by atoms with van der Waals surface area (Å²) in [6, 6.07) is 3.84. The van der Waals surface area contributed by atoms with Gasteiger partial charge >= 0.3 is 0 Å². The number of nitrogens with one attached hydrogen (secondary N) is 2. The van der Waals surface area contributed by atoms with Crippen LogP contribution in [-0.4, -0.2) is 26.0 Å². The minimum atomic E-state index is 0. The third kappa shape index (κ3) is 7.60. The Hall–Kier alpha value is -0.290. The van der Waals surface area contributed by atoms with Gasteiger partial charge in [0.2, 0.25) is 5.91 Å². The minimum Gasteiger partial charge on any atom is -0.356 e. The van der Waals surface area contributed by atoms with E-state index in [-0.39, 0.29) is 18.3 Å². The molecule has 0 fully saturated rings. The zero-order valence-corrected chi connectivity index (χ0v) is 12.2. The molecule has 1 aromatic heterocycles. The Morgan fingerprint density at radius 1 is 1.41 bits per heavy atom. The van der Waals surface area contributed by atoms with Crippen molar-refractivity contribution in [3.8, 4) is 0 Å². The lowest BCUT2D eigenvalue weighted by molar-refractivity contribution is -0.121. The van der Waals surface area contributed by atoms with Crippen LogP contribution in [0.5, 0.6) is 0 Å². The normalized spacial score (nSPS) is 9.76. The van der Waals surface area contributed by atoms with Crippen molar-refractivity contribution in [2.24, 2.45) is 0 Å². The van der Waals surface area contributed by atoms with Gasteiger partial charge in [-0.2, -0.15) is 0 Å². The fourth-order valence-electron chi connectivity index (χ4n) is 1.30. The first-order chi connectivity index (χ1) is 7.72. The van der Waals surface area contributed by atoms with Crippen LogP contribution in [0.25, 0.3) is 0 Å². The van der Waals surface area contributed by atoms with Gasteiger partial charge in [0.25, 0.3) is 0 Å².